The minimum atomic E-state index is -0.694. The molecule has 0 aliphatic heterocycles. The van der Waals surface area contributed by atoms with Crippen LogP contribution in [-0.2, 0) is 6.42 Å². The second-order valence-electron chi connectivity index (χ2n) is 4.30. The van der Waals surface area contributed by atoms with E-state index in [1.165, 1.54) is 12.1 Å². The molecule has 20 heavy (non-hydrogen) atoms. The molecule has 0 aliphatic rings. The molecular formula is C14H12BrF3N2. The molecule has 0 heterocycles. The minimum absolute atomic E-state index is 0.227. The van der Waals surface area contributed by atoms with Crippen LogP contribution in [0.3, 0.4) is 0 Å². The van der Waals surface area contributed by atoms with Gasteiger partial charge in [-0.2, -0.15) is 0 Å². The Morgan fingerprint density at radius 1 is 1.10 bits per heavy atom. The third kappa shape index (κ3) is 3.20. The lowest BCUT2D eigenvalue weighted by molar-refractivity contribution is 0.500. The highest BCUT2D eigenvalue weighted by Crippen LogP contribution is 2.27. The maximum Gasteiger partial charge on any atom is 0.137 e. The number of hydrogen-bond acceptors (Lipinski definition) is 2. The molecule has 0 spiro atoms. The van der Waals surface area contributed by atoms with Crippen molar-refractivity contribution in [3.8, 4) is 0 Å². The number of hydrazine groups is 1. The first kappa shape index (κ1) is 15.0. The largest absolute Gasteiger partial charge is 0.271 e. The van der Waals surface area contributed by atoms with Crippen molar-refractivity contribution >= 4 is 15.9 Å². The molecule has 2 aromatic rings. The summed E-state index contributed by atoms with van der Waals surface area (Å²) in [6.07, 6.45) is 0.261. The molecule has 0 saturated carbocycles. The minimum Gasteiger partial charge on any atom is -0.271 e. The summed E-state index contributed by atoms with van der Waals surface area (Å²) in [5.41, 5.74) is 3.33. The summed E-state index contributed by atoms with van der Waals surface area (Å²) in [5, 5.41) is 0. The predicted molar refractivity (Wildman–Crippen MR) is 74.2 cm³/mol. The fraction of sp³-hybridized carbons (Fsp3) is 0.143. The average Bonchev–Trinajstić information content (AvgIpc) is 2.41. The first-order valence-corrected chi connectivity index (χ1v) is 6.66. The Bertz CT molecular complexity index is 619. The van der Waals surface area contributed by atoms with Crippen LogP contribution in [-0.4, -0.2) is 0 Å². The monoisotopic (exact) mass is 344 g/mol. The standard InChI is InChI=1S/C14H12BrF3N2/c15-14-8(2-1-3-11(14)17)6-13(20-19)10-5-4-9(16)7-12(10)18/h1-5,7,13,20H,6,19H2. The lowest BCUT2D eigenvalue weighted by Crippen LogP contribution is -2.30. The average molecular weight is 345 g/mol. The summed E-state index contributed by atoms with van der Waals surface area (Å²) >= 11 is 3.14. The molecule has 106 valence electrons. The van der Waals surface area contributed by atoms with Crippen LogP contribution < -0.4 is 11.3 Å². The zero-order chi connectivity index (χ0) is 14.7. The third-order valence-corrected chi connectivity index (χ3v) is 3.88. The fourth-order valence-corrected chi connectivity index (χ4v) is 2.39. The van der Waals surface area contributed by atoms with Gasteiger partial charge in [-0.1, -0.05) is 18.2 Å². The van der Waals surface area contributed by atoms with Crippen molar-refractivity contribution in [2.45, 2.75) is 12.5 Å². The third-order valence-electron chi connectivity index (χ3n) is 2.99. The highest BCUT2D eigenvalue weighted by molar-refractivity contribution is 9.10. The Morgan fingerprint density at radius 2 is 1.85 bits per heavy atom. The Kier molecular flexibility index (Phi) is 4.80. The summed E-state index contributed by atoms with van der Waals surface area (Å²) in [7, 11) is 0. The van der Waals surface area contributed by atoms with Crippen molar-refractivity contribution in [3.63, 3.8) is 0 Å². The van der Waals surface area contributed by atoms with Gasteiger partial charge in [-0.15, -0.1) is 0 Å². The zero-order valence-corrected chi connectivity index (χ0v) is 11.9. The highest BCUT2D eigenvalue weighted by atomic mass is 79.9. The predicted octanol–water partition coefficient (Wildman–Crippen LogP) is 3.61. The normalized spacial score (nSPS) is 12.4. The van der Waals surface area contributed by atoms with Gasteiger partial charge in [-0.3, -0.25) is 11.3 Å². The Morgan fingerprint density at radius 3 is 2.50 bits per heavy atom. The van der Waals surface area contributed by atoms with E-state index in [2.05, 4.69) is 21.4 Å². The van der Waals surface area contributed by atoms with E-state index in [4.69, 9.17) is 5.84 Å². The Hall–Kier alpha value is -1.37. The van der Waals surface area contributed by atoms with Crippen LogP contribution in [0.5, 0.6) is 0 Å². The van der Waals surface area contributed by atoms with Crippen LogP contribution in [0.4, 0.5) is 13.2 Å². The van der Waals surface area contributed by atoms with Crippen LogP contribution in [0, 0.1) is 17.5 Å². The molecule has 0 bridgehead atoms. The molecule has 1 unspecified atom stereocenters. The van der Waals surface area contributed by atoms with E-state index in [-0.39, 0.29) is 12.0 Å². The van der Waals surface area contributed by atoms with E-state index in [1.54, 1.807) is 12.1 Å². The van der Waals surface area contributed by atoms with E-state index < -0.39 is 23.5 Å². The van der Waals surface area contributed by atoms with Crippen LogP contribution in [0.2, 0.25) is 0 Å². The van der Waals surface area contributed by atoms with E-state index in [9.17, 15) is 13.2 Å². The van der Waals surface area contributed by atoms with Crippen LogP contribution in [0.1, 0.15) is 17.2 Å². The van der Waals surface area contributed by atoms with Gasteiger partial charge < -0.3 is 0 Å². The van der Waals surface area contributed by atoms with Gasteiger partial charge >= 0.3 is 0 Å². The van der Waals surface area contributed by atoms with Gasteiger partial charge in [0.2, 0.25) is 0 Å². The molecule has 0 aromatic heterocycles. The first-order chi connectivity index (χ1) is 9.52. The fourth-order valence-electron chi connectivity index (χ4n) is 1.97. The van der Waals surface area contributed by atoms with Gasteiger partial charge in [0, 0.05) is 11.6 Å². The summed E-state index contributed by atoms with van der Waals surface area (Å²) in [6.45, 7) is 0. The molecule has 0 saturated heterocycles. The van der Waals surface area contributed by atoms with Gasteiger partial charge in [0.25, 0.3) is 0 Å². The van der Waals surface area contributed by atoms with Gasteiger partial charge in [0.1, 0.15) is 17.5 Å². The highest BCUT2D eigenvalue weighted by Gasteiger charge is 2.17. The van der Waals surface area contributed by atoms with E-state index >= 15 is 0 Å². The second-order valence-corrected chi connectivity index (χ2v) is 5.10. The number of rotatable bonds is 4. The molecule has 1 atom stereocenters. The lowest BCUT2D eigenvalue weighted by Gasteiger charge is -2.18. The molecule has 2 nitrogen and oxygen atoms in total. The van der Waals surface area contributed by atoms with Gasteiger partial charge in [-0.05, 0) is 40.0 Å². The van der Waals surface area contributed by atoms with Crippen LogP contribution in [0.25, 0.3) is 0 Å². The quantitative estimate of drug-likeness (QED) is 0.656. The molecule has 3 N–H and O–H groups in total. The smallest absolute Gasteiger partial charge is 0.137 e. The number of hydrogen-bond donors (Lipinski definition) is 2. The Labute approximate surface area is 122 Å². The van der Waals surface area contributed by atoms with E-state index in [0.29, 0.717) is 10.0 Å². The van der Waals surface area contributed by atoms with Gasteiger partial charge in [-0.25, -0.2) is 13.2 Å². The number of benzene rings is 2. The Balaban J connectivity index is 2.31. The van der Waals surface area contributed by atoms with Gasteiger partial charge in [0.15, 0.2) is 0 Å². The lowest BCUT2D eigenvalue weighted by atomic mass is 9.99. The van der Waals surface area contributed by atoms with E-state index in [0.717, 1.165) is 12.1 Å². The first-order valence-electron chi connectivity index (χ1n) is 5.87. The molecule has 0 radical (unpaired) electrons. The molecule has 2 aromatic carbocycles. The second kappa shape index (κ2) is 6.39. The topological polar surface area (TPSA) is 38.0 Å². The van der Waals surface area contributed by atoms with Crippen molar-refractivity contribution in [1.82, 2.24) is 5.43 Å². The van der Waals surface area contributed by atoms with Crippen molar-refractivity contribution in [2.75, 3.05) is 0 Å². The number of halogens is 4. The molecular weight excluding hydrogens is 333 g/mol. The number of nitrogens with one attached hydrogen (secondary N) is 1. The maximum atomic E-state index is 13.7. The summed E-state index contributed by atoms with van der Waals surface area (Å²) in [5.74, 6) is 3.67. The van der Waals surface area contributed by atoms with Crippen molar-refractivity contribution in [3.05, 3.63) is 69.4 Å². The van der Waals surface area contributed by atoms with Gasteiger partial charge in [0.05, 0.1) is 10.5 Å². The van der Waals surface area contributed by atoms with Crippen molar-refractivity contribution in [1.29, 1.82) is 0 Å². The maximum absolute atomic E-state index is 13.7. The zero-order valence-electron chi connectivity index (χ0n) is 10.3. The van der Waals surface area contributed by atoms with Crippen molar-refractivity contribution in [2.24, 2.45) is 5.84 Å². The molecule has 0 amide bonds. The summed E-state index contributed by atoms with van der Waals surface area (Å²) in [6, 6.07) is 7.26. The molecule has 0 fully saturated rings. The van der Waals surface area contributed by atoms with Crippen LogP contribution >= 0.6 is 15.9 Å². The SMILES string of the molecule is NNC(Cc1cccc(F)c1Br)c1ccc(F)cc1F. The molecule has 6 heteroatoms. The number of nitrogens with two attached hydrogens (primary N) is 1. The summed E-state index contributed by atoms with van der Waals surface area (Å²) < 4.78 is 40.4. The van der Waals surface area contributed by atoms with E-state index in [1.807, 2.05) is 0 Å². The van der Waals surface area contributed by atoms with Crippen LogP contribution in [0.15, 0.2) is 40.9 Å². The van der Waals surface area contributed by atoms with Crippen molar-refractivity contribution < 1.29 is 13.2 Å². The molecule has 2 rings (SSSR count). The summed E-state index contributed by atoms with van der Waals surface area (Å²) in [4.78, 5) is 0. The molecule has 0 aliphatic carbocycles.